The van der Waals surface area contributed by atoms with Gasteiger partial charge in [-0.15, -0.1) is 0 Å². The van der Waals surface area contributed by atoms with Crippen molar-refractivity contribution in [2.24, 2.45) is 5.73 Å². The third-order valence-electron chi connectivity index (χ3n) is 1.09. The fourth-order valence-electron chi connectivity index (χ4n) is 0.394. The lowest BCUT2D eigenvalue weighted by atomic mass is 10.3. The molecule has 5 N–H and O–H groups in total. The van der Waals surface area contributed by atoms with E-state index in [1.807, 2.05) is 0 Å². The normalized spacial score (nSPS) is 13.6. The van der Waals surface area contributed by atoms with Crippen molar-refractivity contribution in [3.05, 3.63) is 0 Å². The topological polar surface area (TPSA) is 161 Å². The average Bonchev–Trinajstić information content (AvgIpc) is 2.12. The Morgan fingerprint density at radius 1 is 1.35 bits per heavy atom. The Morgan fingerprint density at radius 2 is 1.65 bits per heavy atom. The van der Waals surface area contributed by atoms with Crippen LogP contribution in [0.25, 0.3) is 0 Å². The van der Waals surface area contributed by atoms with Crippen LogP contribution in [0.15, 0.2) is 0 Å². The highest BCUT2D eigenvalue weighted by Crippen LogP contribution is 1.88. The van der Waals surface area contributed by atoms with E-state index in [0.29, 0.717) is 0 Å². The molecule has 0 radical (unpaired) electrons. The summed E-state index contributed by atoms with van der Waals surface area (Å²) in [6.45, 7) is 4.21. The number of aliphatic hydroxyl groups excluding tert-OH is 1. The van der Waals surface area contributed by atoms with Crippen molar-refractivity contribution >= 4 is 21.5 Å². The Bertz CT molecular complexity index is 253. The van der Waals surface area contributed by atoms with Gasteiger partial charge in [0, 0.05) is 0 Å². The second-order valence-corrected chi connectivity index (χ2v) is 4.90. The van der Waals surface area contributed by atoms with Crippen molar-refractivity contribution in [2.45, 2.75) is 38.5 Å². The van der Waals surface area contributed by atoms with Crippen LogP contribution in [0.2, 0.25) is 0 Å². The maximum Gasteiger partial charge on any atom is 0.394 e. The van der Waals surface area contributed by atoms with Gasteiger partial charge in [0.2, 0.25) is 0 Å². The van der Waals surface area contributed by atoms with Crippen LogP contribution in [-0.2, 0) is 21.5 Å². The Morgan fingerprint density at radius 3 is 1.71 bits per heavy atom. The summed E-state index contributed by atoms with van der Waals surface area (Å²) < 4.78 is 50.5. The first-order valence-corrected chi connectivity index (χ1v) is 7.25. The third kappa shape index (κ3) is 64.5. The van der Waals surface area contributed by atoms with Crippen LogP contribution in [0.5, 0.6) is 0 Å². The van der Waals surface area contributed by atoms with Crippen LogP contribution in [0.3, 0.4) is 0 Å². The second kappa shape index (κ2) is 14.0. The molecular formula is C7H20NO7S2-. The molecule has 8 nitrogen and oxygen atoms in total. The predicted octanol–water partition coefficient (Wildman–Crippen LogP) is -0.314. The van der Waals surface area contributed by atoms with Gasteiger partial charge in [0.1, 0.15) is 5.44 Å². The van der Waals surface area contributed by atoms with E-state index >= 15 is 0 Å². The van der Waals surface area contributed by atoms with Crippen LogP contribution < -0.4 is 5.73 Å². The maximum atomic E-state index is 9.45. The molecule has 0 saturated heterocycles. The number of aliphatic hydroxyl groups is 1. The lowest BCUT2D eigenvalue weighted by molar-refractivity contribution is 0.263. The van der Waals surface area contributed by atoms with Crippen LogP contribution >= 0.6 is 0 Å². The van der Waals surface area contributed by atoms with Crippen LogP contribution in [0.4, 0.5) is 0 Å². The zero-order chi connectivity index (χ0) is 14.5. The van der Waals surface area contributed by atoms with E-state index in [2.05, 4.69) is 6.92 Å². The van der Waals surface area contributed by atoms with Crippen molar-refractivity contribution < 1.29 is 31.4 Å². The molecule has 10 heteroatoms. The molecule has 0 heterocycles. The van der Waals surface area contributed by atoms with Gasteiger partial charge in [-0.05, 0) is 31.0 Å². The monoisotopic (exact) mass is 294 g/mol. The Labute approximate surface area is 104 Å². The Balaban J connectivity index is -0.000000174. The van der Waals surface area contributed by atoms with E-state index in [4.69, 9.17) is 28.4 Å². The SMILES string of the molecule is CC(O)S(=O)[O-].CCCCCN.O=S(=O)(O)O. The summed E-state index contributed by atoms with van der Waals surface area (Å²) in [6.07, 6.45) is 3.75. The molecule has 2 unspecified atom stereocenters. The van der Waals surface area contributed by atoms with Gasteiger partial charge < -0.3 is 15.4 Å². The predicted molar refractivity (Wildman–Crippen MR) is 63.4 cm³/mol. The molecule has 0 aliphatic carbocycles. The van der Waals surface area contributed by atoms with E-state index in [9.17, 15) is 8.76 Å². The summed E-state index contributed by atoms with van der Waals surface area (Å²) >= 11 is -2.31. The molecule has 0 aromatic rings. The van der Waals surface area contributed by atoms with Gasteiger partial charge in [-0.2, -0.15) is 8.42 Å². The van der Waals surface area contributed by atoms with Crippen molar-refractivity contribution in [3.8, 4) is 0 Å². The van der Waals surface area contributed by atoms with Gasteiger partial charge >= 0.3 is 10.4 Å². The van der Waals surface area contributed by atoms with Crippen molar-refractivity contribution in [1.82, 2.24) is 0 Å². The quantitative estimate of drug-likeness (QED) is 0.312. The minimum atomic E-state index is -4.67. The lowest BCUT2D eigenvalue weighted by Gasteiger charge is -2.04. The van der Waals surface area contributed by atoms with Gasteiger partial charge in [-0.1, -0.05) is 19.8 Å². The maximum absolute atomic E-state index is 9.45. The molecule has 0 aromatic heterocycles. The number of hydrogen-bond donors (Lipinski definition) is 4. The Kier molecular flexibility index (Phi) is 18.2. The highest BCUT2D eigenvalue weighted by atomic mass is 32.3. The molecule has 0 amide bonds. The standard InChI is InChI=1S/C5H13N.C2H6O3S.H2O4S/c1-2-3-4-5-6;1-2(3)6(4)5;1-5(2,3)4/h2-6H2,1H3;2-3H,1H3,(H,4,5);(H2,1,2,3,4)/p-1. The summed E-state index contributed by atoms with van der Waals surface area (Å²) in [5, 5.41) is 8.02. The molecule has 0 spiro atoms. The fraction of sp³-hybridized carbons (Fsp3) is 1.00. The molecular weight excluding hydrogens is 274 g/mol. The number of rotatable bonds is 4. The van der Waals surface area contributed by atoms with Crippen molar-refractivity contribution in [2.75, 3.05) is 6.54 Å². The minimum Gasteiger partial charge on any atom is -0.770 e. The van der Waals surface area contributed by atoms with Crippen LogP contribution in [-0.4, -0.2) is 43.4 Å². The number of hydrogen-bond acceptors (Lipinski definition) is 6. The fourth-order valence-corrected chi connectivity index (χ4v) is 0.394. The highest BCUT2D eigenvalue weighted by Gasteiger charge is 1.87. The molecule has 0 fully saturated rings. The zero-order valence-electron chi connectivity index (χ0n) is 9.77. The summed E-state index contributed by atoms with van der Waals surface area (Å²) in [4.78, 5) is 0. The van der Waals surface area contributed by atoms with Crippen LogP contribution in [0.1, 0.15) is 33.1 Å². The molecule has 0 rings (SSSR count). The molecule has 2 atom stereocenters. The highest BCUT2D eigenvalue weighted by molar-refractivity contribution is 7.80. The Hall–Kier alpha value is -0.100. The number of nitrogens with two attached hydrogens (primary N) is 1. The van der Waals surface area contributed by atoms with Gasteiger partial charge in [0.05, 0.1) is 0 Å². The first kappa shape index (κ1) is 22.1. The van der Waals surface area contributed by atoms with E-state index in [1.165, 1.54) is 26.2 Å². The van der Waals surface area contributed by atoms with Gasteiger partial charge in [-0.3, -0.25) is 13.3 Å². The van der Waals surface area contributed by atoms with E-state index < -0.39 is 26.9 Å². The van der Waals surface area contributed by atoms with E-state index in [-0.39, 0.29) is 0 Å². The smallest absolute Gasteiger partial charge is 0.394 e. The van der Waals surface area contributed by atoms with Gasteiger partial charge in [0.25, 0.3) is 0 Å². The molecule has 17 heavy (non-hydrogen) atoms. The lowest BCUT2D eigenvalue weighted by Crippen LogP contribution is -2.06. The largest absolute Gasteiger partial charge is 0.770 e. The first-order chi connectivity index (χ1) is 7.56. The second-order valence-electron chi connectivity index (χ2n) is 2.80. The molecule has 108 valence electrons. The van der Waals surface area contributed by atoms with E-state index in [0.717, 1.165) is 6.54 Å². The van der Waals surface area contributed by atoms with E-state index in [1.54, 1.807) is 0 Å². The molecule has 0 aliphatic heterocycles. The minimum absolute atomic E-state index is 0.855. The first-order valence-electron chi connectivity index (χ1n) is 4.72. The van der Waals surface area contributed by atoms with Crippen molar-refractivity contribution in [1.29, 1.82) is 0 Å². The molecule has 0 aromatic carbocycles. The molecule has 0 saturated carbocycles. The third-order valence-corrected chi connectivity index (χ3v) is 1.64. The van der Waals surface area contributed by atoms with Gasteiger partial charge in [-0.25, -0.2) is 0 Å². The summed E-state index contributed by atoms with van der Waals surface area (Å²) in [7, 11) is -4.67. The summed E-state index contributed by atoms with van der Waals surface area (Å²) in [5.41, 5.74) is 3.98. The molecule has 0 bridgehead atoms. The van der Waals surface area contributed by atoms with Crippen LogP contribution in [0, 0.1) is 0 Å². The summed E-state index contributed by atoms with van der Waals surface area (Å²) in [5.74, 6) is 0. The number of unbranched alkanes of at least 4 members (excludes halogenated alkanes) is 2. The van der Waals surface area contributed by atoms with Crippen molar-refractivity contribution in [3.63, 3.8) is 0 Å². The molecule has 0 aliphatic rings. The summed E-state index contributed by atoms with van der Waals surface area (Å²) in [6, 6.07) is 0. The average molecular weight is 294 g/mol. The van der Waals surface area contributed by atoms with Gasteiger partial charge in [0.15, 0.2) is 0 Å². The zero-order valence-corrected chi connectivity index (χ0v) is 11.4.